The lowest BCUT2D eigenvalue weighted by Gasteiger charge is -2.21. The molecule has 0 radical (unpaired) electrons. The van der Waals surface area contributed by atoms with E-state index in [4.69, 9.17) is 14.2 Å². The van der Waals surface area contributed by atoms with Crippen molar-refractivity contribution in [1.29, 1.82) is 0 Å². The molecule has 0 saturated carbocycles. The van der Waals surface area contributed by atoms with E-state index in [0.29, 0.717) is 6.61 Å². The van der Waals surface area contributed by atoms with Crippen LogP contribution in [0.5, 0.6) is 17.2 Å². The summed E-state index contributed by atoms with van der Waals surface area (Å²) >= 11 is 0. The first-order valence-corrected chi connectivity index (χ1v) is 9.94. The van der Waals surface area contributed by atoms with Gasteiger partial charge in [0.1, 0.15) is 30.0 Å². The number of ether oxygens (including phenoxy) is 3. The molecule has 1 aliphatic heterocycles. The summed E-state index contributed by atoms with van der Waals surface area (Å²) in [7, 11) is 3.31. The second-order valence-electron chi connectivity index (χ2n) is 7.34. The Morgan fingerprint density at radius 3 is 2.57 bits per heavy atom. The van der Waals surface area contributed by atoms with Gasteiger partial charge in [0.25, 0.3) is 0 Å². The predicted molar refractivity (Wildman–Crippen MR) is 114 cm³/mol. The fourth-order valence-electron chi connectivity index (χ4n) is 3.72. The number of nitrogens with zero attached hydrogens (tertiary/aromatic N) is 2. The van der Waals surface area contributed by atoms with Crippen LogP contribution in [0, 0.1) is 0 Å². The van der Waals surface area contributed by atoms with Crippen molar-refractivity contribution in [2.45, 2.75) is 19.2 Å². The van der Waals surface area contributed by atoms with Gasteiger partial charge in [-0.2, -0.15) is 0 Å². The Hall–Kier alpha value is -3.09. The molecule has 1 N–H and O–H groups in total. The van der Waals surface area contributed by atoms with E-state index in [1.807, 2.05) is 48.5 Å². The standard InChI is InChI=1S/C24H26N2O4/c1-28-21-10-17(11-22(13-21)29-2)15-26-8-9-30-23-6-5-18(12-20(23)16-26)24(27)19-4-3-7-25-14-19/h3-7,10-14,24,27H,8-9,15-16H2,1-2H3. The Balaban J connectivity index is 1.55. The first-order valence-electron chi connectivity index (χ1n) is 9.94. The Kier molecular flexibility index (Phi) is 6.16. The minimum Gasteiger partial charge on any atom is -0.497 e. The highest BCUT2D eigenvalue weighted by Crippen LogP contribution is 2.30. The number of hydrogen-bond acceptors (Lipinski definition) is 6. The minimum absolute atomic E-state index is 0.610. The molecular weight excluding hydrogens is 380 g/mol. The van der Waals surface area contributed by atoms with E-state index >= 15 is 0 Å². The molecule has 3 aromatic rings. The van der Waals surface area contributed by atoms with Crippen molar-refractivity contribution in [2.24, 2.45) is 0 Å². The average Bonchev–Trinajstić information content (AvgIpc) is 2.99. The summed E-state index contributed by atoms with van der Waals surface area (Å²) in [6, 6.07) is 15.5. The normalized spacial score (nSPS) is 14.9. The highest BCUT2D eigenvalue weighted by Gasteiger charge is 2.19. The molecule has 1 aliphatic rings. The number of aliphatic hydroxyl groups excluding tert-OH is 1. The van der Waals surface area contributed by atoms with Gasteiger partial charge in [0.05, 0.1) is 14.2 Å². The van der Waals surface area contributed by atoms with Crippen LogP contribution in [0.3, 0.4) is 0 Å². The van der Waals surface area contributed by atoms with Gasteiger partial charge >= 0.3 is 0 Å². The summed E-state index contributed by atoms with van der Waals surface area (Å²) in [5, 5.41) is 10.8. The van der Waals surface area contributed by atoms with E-state index in [-0.39, 0.29) is 0 Å². The lowest BCUT2D eigenvalue weighted by atomic mass is 10.00. The van der Waals surface area contributed by atoms with Gasteiger partial charge in [0, 0.05) is 49.2 Å². The first kappa shape index (κ1) is 20.2. The number of fused-ring (bicyclic) bond motifs is 1. The summed E-state index contributed by atoms with van der Waals surface area (Å²) in [4.78, 5) is 6.43. The SMILES string of the molecule is COc1cc(CN2CCOc3ccc(C(O)c4cccnc4)cc3C2)cc(OC)c1. The fraction of sp³-hybridized carbons (Fsp3) is 0.292. The van der Waals surface area contributed by atoms with Gasteiger partial charge in [-0.15, -0.1) is 0 Å². The van der Waals surface area contributed by atoms with Gasteiger partial charge in [0.15, 0.2) is 0 Å². The number of methoxy groups -OCH3 is 2. The number of benzene rings is 2. The molecule has 156 valence electrons. The van der Waals surface area contributed by atoms with Crippen LogP contribution in [-0.2, 0) is 13.1 Å². The maximum atomic E-state index is 10.8. The van der Waals surface area contributed by atoms with Gasteiger partial charge in [-0.25, -0.2) is 0 Å². The molecule has 6 heteroatoms. The molecular formula is C24H26N2O4. The van der Waals surface area contributed by atoms with Crippen molar-refractivity contribution < 1.29 is 19.3 Å². The van der Waals surface area contributed by atoms with Crippen LogP contribution in [-0.4, -0.2) is 42.4 Å². The van der Waals surface area contributed by atoms with Gasteiger partial charge in [-0.3, -0.25) is 9.88 Å². The Morgan fingerprint density at radius 1 is 1.07 bits per heavy atom. The summed E-state index contributed by atoms with van der Waals surface area (Å²) in [5.41, 5.74) is 3.77. The monoisotopic (exact) mass is 406 g/mol. The lowest BCUT2D eigenvalue weighted by molar-refractivity contribution is 0.218. The summed E-state index contributed by atoms with van der Waals surface area (Å²) in [6.45, 7) is 2.88. The second-order valence-corrected chi connectivity index (χ2v) is 7.34. The average molecular weight is 406 g/mol. The number of rotatable bonds is 6. The third-order valence-corrected chi connectivity index (χ3v) is 5.28. The molecule has 0 aliphatic carbocycles. The molecule has 2 heterocycles. The molecule has 0 amide bonds. The molecule has 0 saturated heterocycles. The summed E-state index contributed by atoms with van der Waals surface area (Å²) in [5.74, 6) is 2.42. The maximum absolute atomic E-state index is 10.8. The molecule has 1 unspecified atom stereocenters. The zero-order valence-corrected chi connectivity index (χ0v) is 17.2. The second kappa shape index (κ2) is 9.15. The highest BCUT2D eigenvalue weighted by molar-refractivity contribution is 5.41. The van der Waals surface area contributed by atoms with Gasteiger partial charge < -0.3 is 19.3 Å². The Bertz CT molecular complexity index is 972. The fourth-order valence-corrected chi connectivity index (χ4v) is 3.72. The number of aromatic nitrogens is 1. The zero-order chi connectivity index (χ0) is 20.9. The zero-order valence-electron chi connectivity index (χ0n) is 17.2. The maximum Gasteiger partial charge on any atom is 0.123 e. The topological polar surface area (TPSA) is 64.1 Å². The smallest absolute Gasteiger partial charge is 0.123 e. The molecule has 2 aromatic carbocycles. The van der Waals surface area contributed by atoms with E-state index in [1.165, 1.54) is 0 Å². The van der Waals surface area contributed by atoms with Crippen molar-refractivity contribution >= 4 is 0 Å². The van der Waals surface area contributed by atoms with Crippen LogP contribution in [0.25, 0.3) is 0 Å². The predicted octanol–water partition coefficient (Wildman–Crippen LogP) is 3.58. The Labute approximate surface area is 176 Å². The van der Waals surface area contributed by atoms with Crippen molar-refractivity contribution in [3.8, 4) is 17.2 Å². The lowest BCUT2D eigenvalue weighted by Crippen LogP contribution is -2.25. The molecule has 0 fully saturated rings. The van der Waals surface area contributed by atoms with Crippen LogP contribution in [0.2, 0.25) is 0 Å². The highest BCUT2D eigenvalue weighted by atomic mass is 16.5. The van der Waals surface area contributed by atoms with Crippen molar-refractivity contribution in [1.82, 2.24) is 9.88 Å². The van der Waals surface area contributed by atoms with Gasteiger partial charge in [-0.05, 0) is 41.5 Å². The molecule has 0 bridgehead atoms. The molecule has 6 nitrogen and oxygen atoms in total. The van der Waals surface area contributed by atoms with Crippen molar-refractivity contribution in [2.75, 3.05) is 27.4 Å². The van der Waals surface area contributed by atoms with Gasteiger partial charge in [0.2, 0.25) is 0 Å². The molecule has 4 rings (SSSR count). The third-order valence-electron chi connectivity index (χ3n) is 5.28. The number of hydrogen-bond donors (Lipinski definition) is 1. The molecule has 30 heavy (non-hydrogen) atoms. The van der Waals surface area contributed by atoms with Crippen LogP contribution < -0.4 is 14.2 Å². The van der Waals surface area contributed by atoms with E-state index < -0.39 is 6.10 Å². The van der Waals surface area contributed by atoms with Crippen molar-refractivity contribution in [3.63, 3.8) is 0 Å². The summed E-state index contributed by atoms with van der Waals surface area (Å²) < 4.78 is 16.8. The van der Waals surface area contributed by atoms with E-state index in [2.05, 4.69) is 9.88 Å². The first-order chi connectivity index (χ1) is 14.7. The van der Waals surface area contributed by atoms with E-state index in [0.717, 1.165) is 59.1 Å². The van der Waals surface area contributed by atoms with Crippen LogP contribution in [0.15, 0.2) is 60.9 Å². The largest absolute Gasteiger partial charge is 0.497 e. The quantitative estimate of drug-likeness (QED) is 0.675. The van der Waals surface area contributed by atoms with Crippen LogP contribution >= 0.6 is 0 Å². The minimum atomic E-state index is -0.719. The van der Waals surface area contributed by atoms with E-state index in [1.54, 1.807) is 26.6 Å². The van der Waals surface area contributed by atoms with Crippen LogP contribution in [0.4, 0.5) is 0 Å². The Morgan fingerprint density at radius 2 is 1.87 bits per heavy atom. The van der Waals surface area contributed by atoms with Crippen molar-refractivity contribution in [3.05, 3.63) is 83.2 Å². The number of pyridine rings is 1. The molecule has 1 aromatic heterocycles. The third kappa shape index (κ3) is 4.56. The number of aliphatic hydroxyl groups is 1. The van der Waals surface area contributed by atoms with Gasteiger partial charge in [-0.1, -0.05) is 12.1 Å². The van der Waals surface area contributed by atoms with E-state index in [9.17, 15) is 5.11 Å². The molecule has 0 spiro atoms. The molecule has 1 atom stereocenters. The summed E-state index contributed by atoms with van der Waals surface area (Å²) in [6.07, 6.45) is 2.67. The van der Waals surface area contributed by atoms with Crippen LogP contribution in [0.1, 0.15) is 28.4 Å².